The average Bonchev–Trinajstić information content (AvgIpc) is 3.05. The van der Waals surface area contributed by atoms with Crippen LogP contribution in [-0.2, 0) is 5.41 Å². The van der Waals surface area contributed by atoms with Crippen molar-refractivity contribution in [3.8, 4) is 17.2 Å². The van der Waals surface area contributed by atoms with Crippen LogP contribution >= 0.6 is 0 Å². The molecular formula is C20H22N2O2. The summed E-state index contributed by atoms with van der Waals surface area (Å²) in [7, 11) is 0. The van der Waals surface area contributed by atoms with E-state index >= 15 is 0 Å². The standard InChI is InChI=1S/C20H22N2O2/c1-14(23-17-8-6-5-7-9-17)18-21-22-19(24-18)15-10-12-16(13-11-15)20(2,3)4/h5-14H,1-4H3. The minimum Gasteiger partial charge on any atom is -0.481 e. The molecule has 0 spiro atoms. The fourth-order valence-electron chi connectivity index (χ4n) is 2.38. The van der Waals surface area contributed by atoms with Crippen molar-refractivity contribution in [2.45, 2.75) is 39.2 Å². The second-order valence-corrected chi connectivity index (χ2v) is 6.85. The van der Waals surface area contributed by atoms with Crippen molar-refractivity contribution >= 4 is 0 Å². The quantitative estimate of drug-likeness (QED) is 0.664. The number of ether oxygens (including phenoxy) is 1. The van der Waals surface area contributed by atoms with Crippen LogP contribution in [0.5, 0.6) is 5.75 Å². The third kappa shape index (κ3) is 3.65. The monoisotopic (exact) mass is 322 g/mol. The van der Waals surface area contributed by atoms with E-state index < -0.39 is 0 Å². The lowest BCUT2D eigenvalue weighted by Gasteiger charge is -2.18. The number of rotatable bonds is 4. The summed E-state index contributed by atoms with van der Waals surface area (Å²) < 4.78 is 11.6. The van der Waals surface area contributed by atoms with Crippen molar-refractivity contribution in [1.29, 1.82) is 0 Å². The molecule has 4 heteroatoms. The Bertz CT molecular complexity index is 787. The van der Waals surface area contributed by atoms with Gasteiger partial charge in [0.1, 0.15) is 5.75 Å². The van der Waals surface area contributed by atoms with Crippen LogP contribution in [0.2, 0.25) is 0 Å². The molecular weight excluding hydrogens is 300 g/mol. The summed E-state index contributed by atoms with van der Waals surface area (Å²) in [6.07, 6.45) is -0.303. The van der Waals surface area contributed by atoms with Crippen LogP contribution in [-0.4, -0.2) is 10.2 Å². The van der Waals surface area contributed by atoms with Gasteiger partial charge in [-0.25, -0.2) is 0 Å². The van der Waals surface area contributed by atoms with Crippen molar-refractivity contribution in [1.82, 2.24) is 10.2 Å². The summed E-state index contributed by atoms with van der Waals surface area (Å²) >= 11 is 0. The van der Waals surface area contributed by atoms with Crippen LogP contribution in [0.25, 0.3) is 11.5 Å². The molecule has 0 saturated heterocycles. The van der Waals surface area contributed by atoms with Crippen molar-refractivity contribution < 1.29 is 9.15 Å². The Morgan fingerprint density at radius 1 is 0.917 bits per heavy atom. The van der Waals surface area contributed by atoms with Crippen LogP contribution in [0.4, 0.5) is 0 Å². The Morgan fingerprint density at radius 2 is 1.58 bits per heavy atom. The molecule has 24 heavy (non-hydrogen) atoms. The maximum atomic E-state index is 5.82. The number of benzene rings is 2. The van der Waals surface area contributed by atoms with Crippen molar-refractivity contribution in [3.63, 3.8) is 0 Å². The van der Waals surface area contributed by atoms with Gasteiger partial charge in [-0.15, -0.1) is 10.2 Å². The maximum Gasteiger partial charge on any atom is 0.257 e. The van der Waals surface area contributed by atoms with Gasteiger partial charge in [0.2, 0.25) is 5.89 Å². The molecule has 3 aromatic rings. The summed E-state index contributed by atoms with van der Waals surface area (Å²) in [6, 6.07) is 17.8. The molecule has 0 aliphatic rings. The lowest BCUT2D eigenvalue weighted by molar-refractivity contribution is 0.189. The van der Waals surface area contributed by atoms with Crippen molar-refractivity contribution in [2.24, 2.45) is 0 Å². The summed E-state index contributed by atoms with van der Waals surface area (Å²) in [4.78, 5) is 0. The molecule has 1 aromatic heterocycles. The zero-order chi connectivity index (χ0) is 17.2. The van der Waals surface area contributed by atoms with Gasteiger partial charge in [0, 0.05) is 5.56 Å². The first kappa shape index (κ1) is 16.2. The van der Waals surface area contributed by atoms with Gasteiger partial charge in [-0.3, -0.25) is 0 Å². The van der Waals surface area contributed by atoms with Crippen LogP contribution in [0.15, 0.2) is 59.0 Å². The predicted molar refractivity (Wildman–Crippen MR) is 93.9 cm³/mol. The second kappa shape index (κ2) is 6.48. The van der Waals surface area contributed by atoms with Gasteiger partial charge in [-0.05, 0) is 42.2 Å². The first-order valence-electron chi connectivity index (χ1n) is 8.09. The number of hydrogen-bond donors (Lipinski definition) is 0. The SMILES string of the molecule is CC(Oc1ccccc1)c1nnc(-c2ccc(C(C)(C)C)cc2)o1. The van der Waals surface area contributed by atoms with E-state index in [-0.39, 0.29) is 11.5 Å². The minimum absolute atomic E-state index is 0.122. The number of hydrogen-bond acceptors (Lipinski definition) is 4. The third-order valence-electron chi connectivity index (χ3n) is 3.84. The van der Waals surface area contributed by atoms with E-state index in [2.05, 4.69) is 43.1 Å². The molecule has 1 atom stereocenters. The normalized spacial score (nSPS) is 12.8. The Balaban J connectivity index is 1.75. The summed E-state index contributed by atoms with van der Waals surface area (Å²) in [5.41, 5.74) is 2.30. The first-order chi connectivity index (χ1) is 11.4. The molecule has 0 amide bonds. The van der Waals surface area contributed by atoms with E-state index in [1.807, 2.05) is 49.4 Å². The Hall–Kier alpha value is -2.62. The Labute approximate surface area is 142 Å². The topological polar surface area (TPSA) is 48.2 Å². The highest BCUT2D eigenvalue weighted by molar-refractivity contribution is 5.53. The van der Waals surface area contributed by atoms with Gasteiger partial charge in [-0.2, -0.15) is 0 Å². The average molecular weight is 322 g/mol. The molecule has 0 aliphatic heterocycles. The molecule has 124 valence electrons. The highest BCUT2D eigenvalue weighted by atomic mass is 16.5. The van der Waals surface area contributed by atoms with Crippen LogP contribution in [0.1, 0.15) is 45.3 Å². The smallest absolute Gasteiger partial charge is 0.257 e. The van der Waals surface area contributed by atoms with Gasteiger partial charge >= 0.3 is 0 Å². The van der Waals surface area contributed by atoms with Gasteiger partial charge in [0.25, 0.3) is 5.89 Å². The number of nitrogens with zero attached hydrogens (tertiary/aromatic N) is 2. The fourth-order valence-corrected chi connectivity index (χ4v) is 2.38. The largest absolute Gasteiger partial charge is 0.481 e. The van der Waals surface area contributed by atoms with Crippen LogP contribution < -0.4 is 4.74 Å². The zero-order valence-electron chi connectivity index (χ0n) is 14.5. The molecule has 4 nitrogen and oxygen atoms in total. The molecule has 0 aliphatic carbocycles. The van der Waals surface area contributed by atoms with Gasteiger partial charge in [0.15, 0.2) is 6.10 Å². The first-order valence-corrected chi connectivity index (χ1v) is 8.09. The summed E-state index contributed by atoms with van der Waals surface area (Å²) in [5.74, 6) is 1.75. The lowest BCUT2D eigenvalue weighted by atomic mass is 9.87. The van der Waals surface area contributed by atoms with Crippen molar-refractivity contribution in [2.75, 3.05) is 0 Å². The Kier molecular flexibility index (Phi) is 4.38. The van der Waals surface area contributed by atoms with E-state index in [1.165, 1.54) is 5.56 Å². The molecule has 0 bridgehead atoms. The molecule has 0 N–H and O–H groups in total. The Morgan fingerprint density at radius 3 is 2.21 bits per heavy atom. The molecule has 0 fully saturated rings. The summed E-state index contributed by atoms with van der Waals surface area (Å²) in [5, 5.41) is 8.26. The van der Waals surface area contributed by atoms with Gasteiger partial charge in [0.05, 0.1) is 0 Å². The van der Waals surface area contributed by atoms with Crippen LogP contribution in [0.3, 0.4) is 0 Å². The number of para-hydroxylation sites is 1. The fraction of sp³-hybridized carbons (Fsp3) is 0.300. The summed E-state index contributed by atoms with van der Waals surface area (Å²) in [6.45, 7) is 8.47. The molecule has 3 rings (SSSR count). The third-order valence-corrected chi connectivity index (χ3v) is 3.84. The van der Waals surface area contributed by atoms with Gasteiger partial charge in [-0.1, -0.05) is 51.1 Å². The molecule has 2 aromatic carbocycles. The van der Waals surface area contributed by atoms with Crippen molar-refractivity contribution in [3.05, 3.63) is 66.1 Å². The lowest BCUT2D eigenvalue weighted by Crippen LogP contribution is -2.10. The van der Waals surface area contributed by atoms with Gasteiger partial charge < -0.3 is 9.15 Å². The predicted octanol–water partition coefficient (Wildman–Crippen LogP) is 5.17. The highest BCUT2D eigenvalue weighted by Crippen LogP contribution is 2.27. The highest BCUT2D eigenvalue weighted by Gasteiger charge is 2.18. The molecule has 1 heterocycles. The van der Waals surface area contributed by atoms with E-state index in [9.17, 15) is 0 Å². The molecule has 0 saturated carbocycles. The maximum absolute atomic E-state index is 5.82. The van der Waals surface area contributed by atoms with E-state index in [4.69, 9.17) is 9.15 Å². The minimum atomic E-state index is -0.303. The second-order valence-electron chi connectivity index (χ2n) is 6.85. The van der Waals surface area contributed by atoms with E-state index in [1.54, 1.807) is 0 Å². The molecule has 0 radical (unpaired) electrons. The van der Waals surface area contributed by atoms with E-state index in [0.29, 0.717) is 11.8 Å². The molecule has 1 unspecified atom stereocenters. The van der Waals surface area contributed by atoms with Crippen LogP contribution in [0, 0.1) is 0 Å². The zero-order valence-corrected chi connectivity index (χ0v) is 14.5. The van der Waals surface area contributed by atoms with E-state index in [0.717, 1.165) is 11.3 Å². The number of aromatic nitrogens is 2.